The maximum atomic E-state index is 13.5. The summed E-state index contributed by atoms with van der Waals surface area (Å²) >= 11 is 9.03. The standard InChI is InChI=1S/C28H20ClN3O3S2/c29-22-13-5-4-12-21(22)23-17-36-28(31-23)32-27(34)25(18-8-2-1-3-9-18)37-20-11-6-10-19(16-20)30-26(33)24-14-7-15-35-24/h1-17,25H,(H,30,33)(H,31,32,34). The third-order valence-electron chi connectivity index (χ3n) is 5.32. The molecule has 0 saturated carbocycles. The summed E-state index contributed by atoms with van der Waals surface area (Å²) in [6, 6.07) is 27.6. The van der Waals surface area contributed by atoms with E-state index < -0.39 is 5.25 Å². The van der Waals surface area contributed by atoms with Crippen LogP contribution in [0.4, 0.5) is 10.8 Å². The first-order valence-corrected chi connectivity index (χ1v) is 13.4. The van der Waals surface area contributed by atoms with Gasteiger partial charge in [-0.15, -0.1) is 23.1 Å². The minimum atomic E-state index is -0.551. The first kappa shape index (κ1) is 24.8. The molecule has 0 aliphatic carbocycles. The zero-order valence-electron chi connectivity index (χ0n) is 19.3. The third kappa shape index (κ3) is 6.11. The SMILES string of the molecule is O=C(Nc1cccc(SC(C(=O)Nc2nc(-c3ccccc3Cl)cs2)c2ccccc2)c1)c1ccco1. The Labute approximate surface area is 226 Å². The van der Waals surface area contributed by atoms with Crippen molar-refractivity contribution in [2.75, 3.05) is 10.6 Å². The summed E-state index contributed by atoms with van der Waals surface area (Å²) in [5.41, 5.74) is 2.96. The van der Waals surface area contributed by atoms with Crippen LogP contribution in [0.1, 0.15) is 21.4 Å². The summed E-state index contributed by atoms with van der Waals surface area (Å²) in [5, 5.41) is 8.19. The molecule has 0 aliphatic heterocycles. The smallest absolute Gasteiger partial charge is 0.291 e. The summed E-state index contributed by atoms with van der Waals surface area (Å²) in [6.45, 7) is 0. The van der Waals surface area contributed by atoms with Crippen LogP contribution in [0.15, 0.2) is 112 Å². The molecule has 2 amide bonds. The molecule has 0 saturated heterocycles. The van der Waals surface area contributed by atoms with Gasteiger partial charge in [-0.1, -0.05) is 66.2 Å². The molecule has 6 nitrogen and oxygen atoms in total. The van der Waals surface area contributed by atoms with Crippen LogP contribution in [0.25, 0.3) is 11.3 Å². The van der Waals surface area contributed by atoms with Crippen molar-refractivity contribution in [1.29, 1.82) is 0 Å². The van der Waals surface area contributed by atoms with E-state index in [-0.39, 0.29) is 17.6 Å². The molecule has 5 rings (SSSR count). The number of rotatable bonds is 8. The second kappa shape index (κ2) is 11.5. The summed E-state index contributed by atoms with van der Waals surface area (Å²) in [5.74, 6) is -0.330. The van der Waals surface area contributed by atoms with Gasteiger partial charge in [0.2, 0.25) is 5.91 Å². The van der Waals surface area contributed by atoms with E-state index in [2.05, 4.69) is 15.6 Å². The summed E-state index contributed by atoms with van der Waals surface area (Å²) in [6.07, 6.45) is 1.45. The minimum Gasteiger partial charge on any atom is -0.459 e. The normalized spacial score (nSPS) is 11.6. The van der Waals surface area contributed by atoms with E-state index in [0.717, 1.165) is 16.0 Å². The lowest BCUT2D eigenvalue weighted by atomic mass is 10.1. The van der Waals surface area contributed by atoms with Crippen molar-refractivity contribution >= 4 is 57.3 Å². The van der Waals surface area contributed by atoms with E-state index >= 15 is 0 Å². The van der Waals surface area contributed by atoms with Gasteiger partial charge in [0, 0.05) is 26.5 Å². The molecule has 0 fully saturated rings. The first-order chi connectivity index (χ1) is 18.1. The van der Waals surface area contributed by atoms with Crippen LogP contribution in [0.2, 0.25) is 5.02 Å². The highest BCUT2D eigenvalue weighted by Gasteiger charge is 2.24. The largest absolute Gasteiger partial charge is 0.459 e. The monoisotopic (exact) mass is 545 g/mol. The number of hydrogen-bond acceptors (Lipinski definition) is 6. The van der Waals surface area contributed by atoms with E-state index in [1.807, 2.05) is 78.2 Å². The number of benzene rings is 3. The second-order valence-corrected chi connectivity index (χ2v) is 10.3. The molecular formula is C28H20ClN3O3S2. The van der Waals surface area contributed by atoms with Crippen LogP contribution in [0.5, 0.6) is 0 Å². The number of amides is 2. The number of halogens is 1. The minimum absolute atomic E-state index is 0.207. The van der Waals surface area contributed by atoms with Gasteiger partial charge in [0.25, 0.3) is 5.91 Å². The Morgan fingerprint density at radius 2 is 1.73 bits per heavy atom. The highest BCUT2D eigenvalue weighted by atomic mass is 35.5. The van der Waals surface area contributed by atoms with Gasteiger partial charge in [-0.2, -0.15) is 0 Å². The average molecular weight is 546 g/mol. The molecule has 0 spiro atoms. The Kier molecular flexibility index (Phi) is 7.70. The molecule has 37 heavy (non-hydrogen) atoms. The zero-order valence-corrected chi connectivity index (χ0v) is 21.6. The summed E-state index contributed by atoms with van der Waals surface area (Å²) in [7, 11) is 0. The van der Waals surface area contributed by atoms with Gasteiger partial charge < -0.3 is 15.1 Å². The Bertz CT molecular complexity index is 1520. The molecule has 2 N–H and O–H groups in total. The van der Waals surface area contributed by atoms with Crippen molar-refractivity contribution in [3.05, 3.63) is 119 Å². The molecule has 3 aromatic carbocycles. The van der Waals surface area contributed by atoms with E-state index in [1.165, 1.54) is 29.4 Å². The molecule has 184 valence electrons. The van der Waals surface area contributed by atoms with E-state index in [4.69, 9.17) is 16.0 Å². The van der Waals surface area contributed by atoms with Crippen molar-refractivity contribution in [3.8, 4) is 11.3 Å². The van der Waals surface area contributed by atoms with Crippen LogP contribution in [0, 0.1) is 0 Å². The van der Waals surface area contributed by atoms with Crippen LogP contribution in [-0.4, -0.2) is 16.8 Å². The molecule has 1 unspecified atom stereocenters. The number of nitrogens with zero attached hydrogens (tertiary/aromatic N) is 1. The molecule has 0 aliphatic rings. The molecule has 0 radical (unpaired) electrons. The number of thiazole rings is 1. The Morgan fingerprint density at radius 3 is 2.51 bits per heavy atom. The maximum absolute atomic E-state index is 13.5. The molecule has 9 heteroatoms. The van der Waals surface area contributed by atoms with E-state index in [0.29, 0.717) is 21.5 Å². The Hall–Kier alpha value is -3.85. The average Bonchev–Trinajstić information content (AvgIpc) is 3.61. The lowest BCUT2D eigenvalue weighted by Gasteiger charge is -2.17. The predicted octanol–water partition coefficient (Wildman–Crippen LogP) is 7.78. The number of hydrogen-bond donors (Lipinski definition) is 2. The number of carbonyl (C=O) groups is 2. The van der Waals surface area contributed by atoms with Crippen LogP contribution in [0.3, 0.4) is 0 Å². The Balaban J connectivity index is 1.35. The third-order valence-corrected chi connectivity index (χ3v) is 7.65. The van der Waals surface area contributed by atoms with Crippen molar-refractivity contribution in [1.82, 2.24) is 4.98 Å². The van der Waals surface area contributed by atoms with Gasteiger partial charge >= 0.3 is 0 Å². The van der Waals surface area contributed by atoms with Gasteiger partial charge in [0.15, 0.2) is 10.9 Å². The zero-order chi connectivity index (χ0) is 25.6. The number of aromatic nitrogens is 1. The highest BCUT2D eigenvalue weighted by molar-refractivity contribution is 8.00. The molecule has 1 atom stereocenters. The fourth-order valence-corrected chi connectivity index (χ4v) is 5.61. The van der Waals surface area contributed by atoms with Crippen molar-refractivity contribution in [2.24, 2.45) is 0 Å². The van der Waals surface area contributed by atoms with Gasteiger partial charge in [-0.25, -0.2) is 4.98 Å². The number of nitrogens with one attached hydrogen (secondary N) is 2. The van der Waals surface area contributed by atoms with Crippen molar-refractivity contribution < 1.29 is 14.0 Å². The topological polar surface area (TPSA) is 84.2 Å². The fourth-order valence-electron chi connectivity index (χ4n) is 3.58. The first-order valence-electron chi connectivity index (χ1n) is 11.2. The molecule has 0 bridgehead atoms. The van der Waals surface area contributed by atoms with Crippen molar-refractivity contribution in [2.45, 2.75) is 10.1 Å². The molecular weight excluding hydrogens is 526 g/mol. The molecule has 2 aromatic heterocycles. The van der Waals surface area contributed by atoms with Gasteiger partial charge in [0.05, 0.1) is 12.0 Å². The maximum Gasteiger partial charge on any atom is 0.291 e. The number of thioether (sulfide) groups is 1. The number of furan rings is 1. The van der Waals surface area contributed by atoms with E-state index in [1.54, 1.807) is 18.2 Å². The lowest BCUT2D eigenvalue weighted by Crippen LogP contribution is -2.19. The van der Waals surface area contributed by atoms with Crippen LogP contribution in [-0.2, 0) is 4.79 Å². The number of anilines is 2. The predicted molar refractivity (Wildman–Crippen MR) is 149 cm³/mol. The summed E-state index contributed by atoms with van der Waals surface area (Å²) in [4.78, 5) is 31.2. The molecule has 2 heterocycles. The Morgan fingerprint density at radius 1 is 0.919 bits per heavy atom. The van der Waals surface area contributed by atoms with Crippen LogP contribution >= 0.6 is 34.7 Å². The highest BCUT2D eigenvalue weighted by Crippen LogP contribution is 2.38. The van der Waals surface area contributed by atoms with Crippen LogP contribution < -0.4 is 10.6 Å². The number of carbonyl (C=O) groups excluding carboxylic acids is 2. The lowest BCUT2D eigenvalue weighted by molar-refractivity contribution is -0.115. The second-order valence-electron chi connectivity index (χ2n) is 7.87. The quantitative estimate of drug-likeness (QED) is 0.194. The van der Waals surface area contributed by atoms with Gasteiger partial charge in [-0.3, -0.25) is 9.59 Å². The van der Waals surface area contributed by atoms with E-state index in [9.17, 15) is 9.59 Å². The van der Waals surface area contributed by atoms with Gasteiger partial charge in [0.1, 0.15) is 5.25 Å². The summed E-state index contributed by atoms with van der Waals surface area (Å²) < 4.78 is 5.16. The van der Waals surface area contributed by atoms with Gasteiger partial charge in [-0.05, 0) is 42.0 Å². The fraction of sp³-hybridized carbons (Fsp3) is 0.0357. The molecule has 5 aromatic rings. The van der Waals surface area contributed by atoms with Crippen molar-refractivity contribution in [3.63, 3.8) is 0 Å².